The van der Waals surface area contributed by atoms with Crippen molar-refractivity contribution in [2.45, 2.75) is 73.1 Å². The van der Waals surface area contributed by atoms with Crippen LogP contribution in [-0.4, -0.2) is 11.1 Å². The highest BCUT2D eigenvalue weighted by Gasteiger charge is 2.55. The minimum atomic E-state index is -0.586. The molecule has 0 saturated heterocycles. The van der Waals surface area contributed by atoms with Crippen LogP contribution in [0.3, 0.4) is 0 Å². The minimum absolute atomic E-state index is 0.140. The Labute approximate surface area is 153 Å². The van der Waals surface area contributed by atoms with Crippen LogP contribution in [0.5, 0.6) is 0 Å². The zero-order valence-electron chi connectivity index (χ0n) is 16.6. The summed E-state index contributed by atoms with van der Waals surface area (Å²) in [6.07, 6.45) is 6.51. The Kier molecular flexibility index (Phi) is 4.77. The fraction of sp³-hybridized carbons (Fsp3) is 0.696. The van der Waals surface area contributed by atoms with Crippen molar-refractivity contribution in [2.24, 2.45) is 28.6 Å². The van der Waals surface area contributed by atoms with Gasteiger partial charge in [-0.2, -0.15) is 0 Å². The first-order chi connectivity index (χ1) is 11.6. The Hall–Kier alpha value is -1.31. The maximum absolute atomic E-state index is 12.1. The SMILES string of the molecule is Cc1cc(C)cc(CC2C(C(=O)O)CCC3C(C)(C)CCCC23C)c1. The van der Waals surface area contributed by atoms with Crippen molar-refractivity contribution in [3.8, 4) is 0 Å². The Morgan fingerprint density at radius 3 is 2.32 bits per heavy atom. The van der Waals surface area contributed by atoms with Crippen molar-refractivity contribution in [2.75, 3.05) is 0 Å². The normalized spacial score (nSPS) is 34.4. The smallest absolute Gasteiger partial charge is 0.306 e. The van der Waals surface area contributed by atoms with E-state index in [-0.39, 0.29) is 17.3 Å². The largest absolute Gasteiger partial charge is 0.481 e. The van der Waals surface area contributed by atoms with E-state index in [0.29, 0.717) is 11.3 Å². The minimum Gasteiger partial charge on any atom is -0.481 e. The highest BCUT2D eigenvalue weighted by atomic mass is 16.4. The Balaban J connectivity index is 1.99. The van der Waals surface area contributed by atoms with E-state index in [4.69, 9.17) is 0 Å². The van der Waals surface area contributed by atoms with Crippen molar-refractivity contribution in [3.05, 3.63) is 34.9 Å². The number of fused-ring (bicyclic) bond motifs is 1. The van der Waals surface area contributed by atoms with Gasteiger partial charge < -0.3 is 5.11 Å². The van der Waals surface area contributed by atoms with E-state index < -0.39 is 5.97 Å². The van der Waals surface area contributed by atoms with Gasteiger partial charge >= 0.3 is 5.97 Å². The molecule has 1 aromatic carbocycles. The Bertz CT molecular complexity index is 640. The van der Waals surface area contributed by atoms with E-state index in [1.807, 2.05) is 0 Å². The third kappa shape index (κ3) is 3.37. The van der Waals surface area contributed by atoms with Crippen LogP contribution in [0, 0.1) is 42.4 Å². The number of benzene rings is 1. The molecule has 138 valence electrons. The quantitative estimate of drug-likeness (QED) is 0.755. The molecule has 3 rings (SSSR count). The average molecular weight is 343 g/mol. The molecule has 2 fully saturated rings. The molecule has 0 aliphatic heterocycles. The summed E-state index contributed by atoms with van der Waals surface area (Å²) in [5.41, 5.74) is 4.35. The van der Waals surface area contributed by atoms with Crippen LogP contribution in [0.4, 0.5) is 0 Å². The van der Waals surface area contributed by atoms with Crippen molar-refractivity contribution in [3.63, 3.8) is 0 Å². The number of carbonyl (C=O) groups is 1. The first-order valence-electron chi connectivity index (χ1n) is 9.93. The van der Waals surface area contributed by atoms with Crippen LogP contribution in [0.15, 0.2) is 18.2 Å². The van der Waals surface area contributed by atoms with Gasteiger partial charge in [0, 0.05) is 0 Å². The third-order valence-electron chi connectivity index (χ3n) is 7.43. The van der Waals surface area contributed by atoms with Gasteiger partial charge in [-0.05, 0) is 74.2 Å². The lowest BCUT2D eigenvalue weighted by molar-refractivity contribution is -0.157. The summed E-state index contributed by atoms with van der Waals surface area (Å²) >= 11 is 0. The molecular weight excluding hydrogens is 308 g/mol. The zero-order chi connectivity index (χ0) is 18.4. The van der Waals surface area contributed by atoms with Gasteiger partial charge in [0.1, 0.15) is 0 Å². The van der Waals surface area contributed by atoms with Gasteiger partial charge in [0.2, 0.25) is 0 Å². The van der Waals surface area contributed by atoms with Crippen LogP contribution in [-0.2, 0) is 11.2 Å². The molecule has 1 N–H and O–H groups in total. The van der Waals surface area contributed by atoms with Gasteiger partial charge in [-0.15, -0.1) is 0 Å². The summed E-state index contributed by atoms with van der Waals surface area (Å²) in [7, 11) is 0. The number of hydrogen-bond donors (Lipinski definition) is 1. The van der Waals surface area contributed by atoms with Crippen LogP contribution in [0.1, 0.15) is 69.6 Å². The fourth-order valence-corrected chi connectivity index (χ4v) is 6.45. The highest BCUT2D eigenvalue weighted by Crippen LogP contribution is 2.61. The highest BCUT2D eigenvalue weighted by molar-refractivity contribution is 5.70. The maximum atomic E-state index is 12.1. The second-order valence-corrected chi connectivity index (χ2v) is 9.73. The van der Waals surface area contributed by atoms with Crippen molar-refractivity contribution < 1.29 is 9.90 Å². The van der Waals surface area contributed by atoms with Crippen molar-refractivity contribution in [1.82, 2.24) is 0 Å². The molecule has 2 saturated carbocycles. The molecule has 0 aromatic heterocycles. The molecule has 2 nitrogen and oxygen atoms in total. The van der Waals surface area contributed by atoms with E-state index >= 15 is 0 Å². The fourth-order valence-electron chi connectivity index (χ4n) is 6.45. The number of aliphatic carboxylic acids is 1. The Morgan fingerprint density at radius 1 is 1.08 bits per heavy atom. The molecule has 0 amide bonds. The molecule has 0 radical (unpaired) electrons. The molecule has 4 atom stereocenters. The summed E-state index contributed by atoms with van der Waals surface area (Å²) in [5, 5.41) is 9.93. The lowest BCUT2D eigenvalue weighted by atomic mass is 9.46. The topological polar surface area (TPSA) is 37.3 Å². The molecule has 2 aliphatic carbocycles. The van der Waals surface area contributed by atoms with Gasteiger partial charge in [0.25, 0.3) is 0 Å². The van der Waals surface area contributed by atoms with E-state index in [1.54, 1.807) is 0 Å². The Morgan fingerprint density at radius 2 is 1.72 bits per heavy atom. The number of carboxylic acid groups (broad SMARTS) is 1. The monoisotopic (exact) mass is 342 g/mol. The first kappa shape index (κ1) is 18.5. The van der Waals surface area contributed by atoms with Crippen LogP contribution >= 0.6 is 0 Å². The molecule has 2 heteroatoms. The lowest BCUT2D eigenvalue weighted by Gasteiger charge is -2.59. The molecular formula is C23H34O2. The zero-order valence-corrected chi connectivity index (χ0v) is 16.6. The molecule has 0 bridgehead atoms. The van der Waals surface area contributed by atoms with E-state index in [9.17, 15) is 9.90 Å². The van der Waals surface area contributed by atoms with Crippen molar-refractivity contribution in [1.29, 1.82) is 0 Å². The van der Waals surface area contributed by atoms with Crippen molar-refractivity contribution >= 4 is 5.97 Å². The van der Waals surface area contributed by atoms with Gasteiger partial charge in [0.15, 0.2) is 0 Å². The molecule has 0 heterocycles. The lowest BCUT2D eigenvalue weighted by Crippen LogP contribution is -2.53. The number of hydrogen-bond acceptors (Lipinski definition) is 1. The first-order valence-corrected chi connectivity index (χ1v) is 9.93. The van der Waals surface area contributed by atoms with Gasteiger partial charge in [-0.1, -0.05) is 56.5 Å². The summed E-state index contributed by atoms with van der Waals surface area (Å²) in [6.45, 7) is 11.5. The standard InChI is InChI=1S/C23H34O2/c1-15-11-16(2)13-17(12-15)14-19-18(21(24)25)7-8-20-22(3,4)9-6-10-23(19,20)5/h11-13,18-20H,6-10,14H2,1-5H3,(H,24,25). The van der Waals surface area contributed by atoms with Gasteiger partial charge in [-0.25, -0.2) is 0 Å². The van der Waals surface area contributed by atoms with Gasteiger partial charge in [-0.3, -0.25) is 4.79 Å². The summed E-state index contributed by atoms with van der Waals surface area (Å²) < 4.78 is 0. The second kappa shape index (κ2) is 6.45. The maximum Gasteiger partial charge on any atom is 0.306 e. The third-order valence-corrected chi connectivity index (χ3v) is 7.43. The van der Waals surface area contributed by atoms with Crippen LogP contribution in [0.2, 0.25) is 0 Å². The summed E-state index contributed by atoms with van der Waals surface area (Å²) in [4.78, 5) is 12.1. The molecule has 1 aromatic rings. The number of aryl methyl sites for hydroxylation is 2. The molecule has 0 spiro atoms. The van der Waals surface area contributed by atoms with Crippen LogP contribution in [0.25, 0.3) is 0 Å². The molecule has 4 unspecified atom stereocenters. The second-order valence-electron chi connectivity index (χ2n) is 9.73. The van der Waals surface area contributed by atoms with Crippen LogP contribution < -0.4 is 0 Å². The van der Waals surface area contributed by atoms with Gasteiger partial charge in [0.05, 0.1) is 5.92 Å². The van der Waals surface area contributed by atoms with E-state index in [2.05, 4.69) is 52.8 Å². The predicted octanol–water partition coefficient (Wildman–Crippen LogP) is 5.79. The predicted molar refractivity (Wildman–Crippen MR) is 103 cm³/mol. The summed E-state index contributed by atoms with van der Waals surface area (Å²) in [6, 6.07) is 6.72. The molecule has 2 aliphatic rings. The number of rotatable bonds is 3. The number of carboxylic acids is 1. The summed E-state index contributed by atoms with van der Waals surface area (Å²) in [5.74, 6) is 0.0955. The van der Waals surface area contributed by atoms with E-state index in [1.165, 1.54) is 36.0 Å². The average Bonchev–Trinajstić information content (AvgIpc) is 2.46. The molecule has 25 heavy (non-hydrogen) atoms. The van der Waals surface area contributed by atoms with E-state index in [0.717, 1.165) is 19.3 Å².